The van der Waals surface area contributed by atoms with Crippen LogP contribution in [0.15, 0.2) is 18.2 Å². The van der Waals surface area contributed by atoms with Gasteiger partial charge in [0.2, 0.25) is 0 Å². The number of nitrogens with zero attached hydrogens (tertiary/aromatic N) is 2. The van der Waals surface area contributed by atoms with E-state index in [9.17, 15) is 4.39 Å². The summed E-state index contributed by atoms with van der Waals surface area (Å²) in [4.78, 5) is 8.72. The van der Waals surface area contributed by atoms with Crippen molar-refractivity contribution in [3.63, 3.8) is 0 Å². The Morgan fingerprint density at radius 2 is 2.00 bits per heavy atom. The Morgan fingerprint density at radius 1 is 1.25 bits per heavy atom. The van der Waals surface area contributed by atoms with E-state index < -0.39 is 5.82 Å². The maximum absolute atomic E-state index is 13.8. The van der Waals surface area contributed by atoms with E-state index in [1.807, 2.05) is 0 Å². The Hall–Kier alpha value is -1.39. The van der Waals surface area contributed by atoms with Gasteiger partial charge in [-0.05, 0) is 38.0 Å². The molecule has 3 rings (SSSR count). The van der Waals surface area contributed by atoms with E-state index in [1.54, 1.807) is 6.92 Å². The predicted molar refractivity (Wildman–Crippen MR) is 78.4 cm³/mol. The fraction of sp³-hybridized carbons (Fsp3) is 0.286. The molecule has 1 saturated carbocycles. The van der Waals surface area contributed by atoms with Gasteiger partial charge >= 0.3 is 0 Å². The zero-order valence-electron chi connectivity index (χ0n) is 10.8. The molecule has 0 aliphatic heterocycles. The summed E-state index contributed by atoms with van der Waals surface area (Å²) in [6.07, 6.45) is 2.15. The Kier molecular flexibility index (Phi) is 3.52. The third-order valence-electron chi connectivity index (χ3n) is 3.23. The molecule has 1 heterocycles. The van der Waals surface area contributed by atoms with Gasteiger partial charge in [-0.2, -0.15) is 0 Å². The van der Waals surface area contributed by atoms with Crippen LogP contribution >= 0.6 is 23.2 Å². The summed E-state index contributed by atoms with van der Waals surface area (Å²) in [6.45, 7) is 1.80. The van der Waals surface area contributed by atoms with Crippen molar-refractivity contribution in [2.24, 2.45) is 0 Å². The summed E-state index contributed by atoms with van der Waals surface area (Å²) >= 11 is 12.0. The quantitative estimate of drug-likeness (QED) is 0.823. The first-order valence-corrected chi connectivity index (χ1v) is 7.06. The molecule has 0 unspecified atom stereocenters. The molecule has 0 bridgehead atoms. The van der Waals surface area contributed by atoms with E-state index in [2.05, 4.69) is 15.3 Å². The van der Waals surface area contributed by atoms with Gasteiger partial charge in [-0.15, -0.1) is 0 Å². The maximum Gasteiger partial charge on any atom is 0.146 e. The van der Waals surface area contributed by atoms with Crippen LogP contribution in [0.4, 0.5) is 15.9 Å². The second-order valence-corrected chi connectivity index (χ2v) is 5.66. The molecular formula is C14H12Cl2FN3. The predicted octanol–water partition coefficient (Wildman–Crippen LogP) is 4.85. The van der Waals surface area contributed by atoms with Crippen LogP contribution in [-0.4, -0.2) is 9.97 Å². The van der Waals surface area contributed by atoms with Crippen molar-refractivity contribution in [3.8, 4) is 0 Å². The number of nitrogens with one attached hydrogen (secondary N) is 1. The largest absolute Gasteiger partial charge is 0.337 e. The first kappa shape index (κ1) is 13.6. The average molecular weight is 312 g/mol. The molecule has 104 valence electrons. The van der Waals surface area contributed by atoms with Crippen LogP contribution in [-0.2, 0) is 0 Å². The molecule has 0 saturated heterocycles. The molecule has 3 nitrogen and oxygen atoms in total. The van der Waals surface area contributed by atoms with Gasteiger partial charge in [-0.3, -0.25) is 0 Å². The molecule has 0 radical (unpaired) electrons. The van der Waals surface area contributed by atoms with Crippen LogP contribution in [0.1, 0.15) is 30.1 Å². The first-order chi connectivity index (χ1) is 9.54. The summed E-state index contributed by atoms with van der Waals surface area (Å²) in [5.74, 6) is 1.22. The number of benzene rings is 1. The summed E-state index contributed by atoms with van der Waals surface area (Å²) in [6, 6.07) is 4.32. The van der Waals surface area contributed by atoms with Crippen molar-refractivity contribution >= 4 is 34.7 Å². The Labute approximate surface area is 126 Å². The zero-order valence-corrected chi connectivity index (χ0v) is 12.3. The van der Waals surface area contributed by atoms with Gasteiger partial charge in [0.05, 0.1) is 5.69 Å². The minimum atomic E-state index is -0.392. The molecule has 0 amide bonds. The minimum Gasteiger partial charge on any atom is -0.337 e. The summed E-state index contributed by atoms with van der Waals surface area (Å²) in [5.41, 5.74) is 0.965. The lowest BCUT2D eigenvalue weighted by molar-refractivity contribution is 0.631. The van der Waals surface area contributed by atoms with Gasteiger partial charge < -0.3 is 5.32 Å². The molecule has 0 spiro atoms. The zero-order chi connectivity index (χ0) is 14.3. The van der Waals surface area contributed by atoms with E-state index in [0.717, 1.165) is 12.8 Å². The highest BCUT2D eigenvalue weighted by molar-refractivity contribution is 6.31. The van der Waals surface area contributed by atoms with Crippen LogP contribution in [0.2, 0.25) is 10.2 Å². The molecule has 1 fully saturated rings. The molecule has 1 aromatic carbocycles. The van der Waals surface area contributed by atoms with Crippen LogP contribution in [0, 0.1) is 12.7 Å². The van der Waals surface area contributed by atoms with Crippen molar-refractivity contribution in [3.05, 3.63) is 45.6 Å². The first-order valence-electron chi connectivity index (χ1n) is 6.30. The Balaban J connectivity index is 1.99. The standard InChI is InChI=1S/C14H12Cl2FN3/c1-7-12(16)19-14(8-2-3-8)20-13(7)18-11-6-9(15)4-5-10(11)17/h4-6,8H,2-3H2,1H3,(H,18,19,20). The number of rotatable bonds is 3. The van der Waals surface area contributed by atoms with E-state index >= 15 is 0 Å². The van der Waals surface area contributed by atoms with Crippen molar-refractivity contribution in [2.45, 2.75) is 25.7 Å². The maximum atomic E-state index is 13.8. The van der Waals surface area contributed by atoms with Crippen molar-refractivity contribution in [1.82, 2.24) is 9.97 Å². The Morgan fingerprint density at radius 3 is 2.70 bits per heavy atom. The van der Waals surface area contributed by atoms with E-state index in [-0.39, 0.29) is 5.69 Å². The molecule has 1 aliphatic rings. The topological polar surface area (TPSA) is 37.8 Å². The van der Waals surface area contributed by atoms with Gasteiger partial charge in [0.1, 0.15) is 22.6 Å². The normalized spacial score (nSPS) is 14.4. The highest BCUT2D eigenvalue weighted by Crippen LogP contribution is 2.39. The second-order valence-electron chi connectivity index (χ2n) is 4.87. The molecule has 1 N–H and O–H groups in total. The van der Waals surface area contributed by atoms with E-state index in [0.29, 0.717) is 33.3 Å². The van der Waals surface area contributed by atoms with Gasteiger partial charge in [0.25, 0.3) is 0 Å². The lowest BCUT2D eigenvalue weighted by Gasteiger charge is -2.12. The molecule has 2 aromatic rings. The van der Waals surface area contributed by atoms with Crippen molar-refractivity contribution in [2.75, 3.05) is 5.32 Å². The molecule has 6 heteroatoms. The monoisotopic (exact) mass is 311 g/mol. The summed E-state index contributed by atoms with van der Waals surface area (Å²) in [7, 11) is 0. The fourth-order valence-electron chi connectivity index (χ4n) is 1.87. The average Bonchev–Trinajstić information content (AvgIpc) is 3.23. The highest BCUT2D eigenvalue weighted by Gasteiger charge is 2.28. The lowest BCUT2D eigenvalue weighted by Crippen LogP contribution is -2.04. The van der Waals surface area contributed by atoms with Gasteiger partial charge in [-0.1, -0.05) is 23.2 Å². The van der Waals surface area contributed by atoms with Crippen molar-refractivity contribution < 1.29 is 4.39 Å². The van der Waals surface area contributed by atoms with Gasteiger partial charge in [0, 0.05) is 16.5 Å². The van der Waals surface area contributed by atoms with E-state index in [4.69, 9.17) is 23.2 Å². The van der Waals surface area contributed by atoms with Crippen LogP contribution in [0.25, 0.3) is 0 Å². The van der Waals surface area contributed by atoms with Gasteiger partial charge in [-0.25, -0.2) is 14.4 Å². The third kappa shape index (κ3) is 2.72. The number of halogens is 3. The van der Waals surface area contributed by atoms with E-state index in [1.165, 1.54) is 18.2 Å². The number of hydrogen-bond acceptors (Lipinski definition) is 3. The number of anilines is 2. The summed E-state index contributed by atoms with van der Waals surface area (Å²) < 4.78 is 13.8. The third-order valence-corrected chi connectivity index (χ3v) is 3.83. The van der Waals surface area contributed by atoms with Crippen LogP contribution < -0.4 is 5.32 Å². The molecule has 0 atom stereocenters. The number of hydrogen-bond donors (Lipinski definition) is 1. The second kappa shape index (κ2) is 5.19. The fourth-order valence-corrected chi connectivity index (χ4v) is 2.22. The summed E-state index contributed by atoms with van der Waals surface area (Å²) in [5, 5.41) is 3.80. The van der Waals surface area contributed by atoms with Gasteiger partial charge in [0.15, 0.2) is 0 Å². The lowest BCUT2D eigenvalue weighted by atomic mass is 10.2. The minimum absolute atomic E-state index is 0.275. The molecule has 1 aliphatic carbocycles. The Bertz CT molecular complexity index is 672. The number of aromatic nitrogens is 2. The molecule has 20 heavy (non-hydrogen) atoms. The smallest absolute Gasteiger partial charge is 0.146 e. The molecular weight excluding hydrogens is 300 g/mol. The SMILES string of the molecule is Cc1c(Cl)nc(C2CC2)nc1Nc1cc(Cl)ccc1F. The van der Waals surface area contributed by atoms with Crippen LogP contribution in [0.5, 0.6) is 0 Å². The van der Waals surface area contributed by atoms with Crippen LogP contribution in [0.3, 0.4) is 0 Å². The highest BCUT2D eigenvalue weighted by atomic mass is 35.5. The van der Waals surface area contributed by atoms with Crippen molar-refractivity contribution in [1.29, 1.82) is 0 Å². The molecule has 1 aromatic heterocycles.